The summed E-state index contributed by atoms with van der Waals surface area (Å²) < 4.78 is 13.0. The molecule has 30 heavy (non-hydrogen) atoms. The Bertz CT molecular complexity index is 1030. The Balaban J connectivity index is 1.38. The van der Waals surface area contributed by atoms with Crippen molar-refractivity contribution < 1.29 is 14.3 Å². The zero-order chi connectivity index (χ0) is 20.9. The first kappa shape index (κ1) is 20.4. The number of hydrogen-bond acceptors (Lipinski definition) is 6. The van der Waals surface area contributed by atoms with E-state index in [4.69, 9.17) is 20.2 Å². The second-order valence-electron chi connectivity index (χ2n) is 7.59. The summed E-state index contributed by atoms with van der Waals surface area (Å²) in [6.07, 6.45) is 4.77. The number of amides is 1. The first-order valence-corrected chi connectivity index (χ1v) is 10.8. The number of benzene rings is 1. The van der Waals surface area contributed by atoms with Crippen molar-refractivity contribution in [2.75, 3.05) is 18.9 Å². The van der Waals surface area contributed by atoms with E-state index in [1.54, 1.807) is 0 Å². The lowest BCUT2D eigenvalue weighted by molar-refractivity contribution is -0.00557. The highest BCUT2D eigenvalue weighted by Crippen LogP contribution is 2.29. The Kier molecular flexibility index (Phi) is 6.32. The number of nitrogens with zero attached hydrogens (tertiary/aromatic N) is 3. The minimum atomic E-state index is -0.408. The van der Waals surface area contributed by atoms with Crippen LogP contribution in [-0.2, 0) is 22.4 Å². The smallest absolute Gasteiger partial charge is 0.409 e. The lowest BCUT2D eigenvalue weighted by Gasteiger charge is -2.23. The van der Waals surface area contributed by atoms with Crippen LogP contribution in [0.1, 0.15) is 44.9 Å². The number of nitrogens with two attached hydrogens (primary N) is 1. The average molecular weight is 412 g/mol. The van der Waals surface area contributed by atoms with Crippen molar-refractivity contribution in [1.29, 1.82) is 0 Å². The topological polar surface area (TPSA) is 104 Å². The molecule has 0 saturated carbocycles. The number of carbonyl (C=O) groups excluding carboxylic acids is 1. The number of anilines is 1. The van der Waals surface area contributed by atoms with Gasteiger partial charge in [-0.2, -0.15) is 0 Å². The van der Waals surface area contributed by atoms with Gasteiger partial charge in [-0.15, -0.1) is 0 Å². The summed E-state index contributed by atoms with van der Waals surface area (Å²) in [5.41, 5.74) is 8.84. The van der Waals surface area contributed by atoms with Crippen LogP contribution in [-0.4, -0.2) is 40.1 Å². The Hall–Kier alpha value is -2.87. The minimum Gasteiger partial charge on any atom is -0.450 e. The van der Waals surface area contributed by atoms with Gasteiger partial charge in [-0.25, -0.2) is 14.8 Å². The largest absolute Gasteiger partial charge is 0.450 e. The molecular weight excluding hydrogens is 382 g/mol. The molecule has 0 radical (unpaired) electrons. The summed E-state index contributed by atoms with van der Waals surface area (Å²) in [4.78, 5) is 21.1. The number of nitrogen functional groups attached to an aromatic ring is 1. The van der Waals surface area contributed by atoms with Crippen LogP contribution in [0, 0.1) is 0 Å². The number of imidazole rings is 1. The van der Waals surface area contributed by atoms with Crippen LogP contribution < -0.4 is 11.1 Å². The van der Waals surface area contributed by atoms with Gasteiger partial charge in [0.25, 0.3) is 0 Å². The predicted molar refractivity (Wildman–Crippen MR) is 116 cm³/mol. The molecule has 1 saturated heterocycles. The second kappa shape index (κ2) is 9.30. The quantitative estimate of drug-likeness (QED) is 0.574. The third kappa shape index (κ3) is 4.33. The Labute approximate surface area is 175 Å². The van der Waals surface area contributed by atoms with Gasteiger partial charge in [-0.1, -0.05) is 25.1 Å². The van der Waals surface area contributed by atoms with E-state index in [-0.39, 0.29) is 6.23 Å². The first-order valence-electron chi connectivity index (χ1n) is 10.8. The van der Waals surface area contributed by atoms with Gasteiger partial charge in [-0.05, 0) is 38.2 Å². The summed E-state index contributed by atoms with van der Waals surface area (Å²) in [7, 11) is 0. The summed E-state index contributed by atoms with van der Waals surface area (Å²) in [6, 6.07) is 7.99. The molecular formula is C22H29N5O3. The van der Waals surface area contributed by atoms with Crippen molar-refractivity contribution in [3.8, 4) is 0 Å². The molecule has 1 amide bonds. The fraction of sp³-hybridized carbons (Fsp3) is 0.500. The molecule has 4 rings (SSSR count). The first-order chi connectivity index (χ1) is 14.7. The molecule has 0 aliphatic carbocycles. The highest BCUT2D eigenvalue weighted by molar-refractivity contribution is 6.06. The molecule has 1 fully saturated rings. The average Bonchev–Trinajstić information content (AvgIpc) is 3.14. The van der Waals surface area contributed by atoms with Crippen LogP contribution >= 0.6 is 0 Å². The van der Waals surface area contributed by atoms with Gasteiger partial charge in [0.2, 0.25) is 0 Å². The molecule has 8 heteroatoms. The lowest BCUT2D eigenvalue weighted by Crippen LogP contribution is -2.39. The number of aryl methyl sites for hydroxylation is 2. The number of unbranched alkanes of at least 4 members (excludes halogenated alkanes) is 1. The van der Waals surface area contributed by atoms with E-state index in [0.717, 1.165) is 72.8 Å². The van der Waals surface area contributed by atoms with Gasteiger partial charge in [0.15, 0.2) is 5.82 Å². The molecule has 160 valence electrons. The van der Waals surface area contributed by atoms with Gasteiger partial charge in [0.1, 0.15) is 17.6 Å². The van der Waals surface area contributed by atoms with E-state index < -0.39 is 6.09 Å². The molecule has 1 aliphatic heterocycles. The molecule has 0 bridgehead atoms. The molecule has 1 aliphatic rings. The van der Waals surface area contributed by atoms with E-state index in [1.165, 1.54) is 0 Å². The van der Waals surface area contributed by atoms with Crippen LogP contribution in [0.5, 0.6) is 0 Å². The number of ether oxygens (including phenoxy) is 2. The Morgan fingerprint density at radius 2 is 2.17 bits per heavy atom. The van der Waals surface area contributed by atoms with Crippen molar-refractivity contribution in [3.63, 3.8) is 0 Å². The van der Waals surface area contributed by atoms with Crippen molar-refractivity contribution in [1.82, 2.24) is 19.9 Å². The number of carbonyl (C=O) groups is 1. The van der Waals surface area contributed by atoms with Gasteiger partial charge in [0.05, 0.1) is 17.6 Å². The van der Waals surface area contributed by atoms with Crippen LogP contribution in [0.3, 0.4) is 0 Å². The highest BCUT2D eigenvalue weighted by atomic mass is 16.6. The van der Waals surface area contributed by atoms with Crippen LogP contribution in [0.2, 0.25) is 0 Å². The monoisotopic (exact) mass is 411 g/mol. The molecule has 3 aromatic rings. The SMILES string of the molecule is CCc1nc2c(N)nc3ccccc3c2n1CCCCOC(=O)NC1CCCCO1. The minimum absolute atomic E-state index is 0.219. The van der Waals surface area contributed by atoms with E-state index in [2.05, 4.69) is 27.9 Å². The van der Waals surface area contributed by atoms with Gasteiger partial charge < -0.3 is 19.8 Å². The van der Waals surface area contributed by atoms with Crippen LogP contribution in [0.4, 0.5) is 10.6 Å². The number of aromatic nitrogens is 3. The van der Waals surface area contributed by atoms with Gasteiger partial charge in [0, 0.05) is 25.0 Å². The molecule has 2 aromatic heterocycles. The molecule has 1 aromatic carbocycles. The zero-order valence-corrected chi connectivity index (χ0v) is 17.4. The Morgan fingerprint density at radius 3 is 2.97 bits per heavy atom. The van der Waals surface area contributed by atoms with E-state index in [0.29, 0.717) is 19.0 Å². The number of hydrogen-bond donors (Lipinski definition) is 2. The number of nitrogens with one attached hydrogen (secondary N) is 1. The maximum Gasteiger partial charge on any atom is 0.409 e. The normalized spacial score (nSPS) is 16.8. The summed E-state index contributed by atoms with van der Waals surface area (Å²) in [5.74, 6) is 1.45. The predicted octanol–water partition coefficient (Wildman–Crippen LogP) is 3.76. The molecule has 3 heterocycles. The zero-order valence-electron chi connectivity index (χ0n) is 17.4. The molecule has 0 spiro atoms. The van der Waals surface area contributed by atoms with E-state index in [9.17, 15) is 4.79 Å². The van der Waals surface area contributed by atoms with E-state index >= 15 is 0 Å². The van der Waals surface area contributed by atoms with Crippen molar-refractivity contribution in [3.05, 3.63) is 30.1 Å². The molecule has 1 atom stereocenters. The summed E-state index contributed by atoms with van der Waals surface area (Å²) in [5, 5.41) is 3.83. The molecule has 1 unspecified atom stereocenters. The maximum absolute atomic E-state index is 11.9. The number of fused-ring (bicyclic) bond motifs is 3. The highest BCUT2D eigenvalue weighted by Gasteiger charge is 2.17. The summed E-state index contributed by atoms with van der Waals surface area (Å²) >= 11 is 0. The van der Waals surface area contributed by atoms with Crippen LogP contribution in [0.15, 0.2) is 24.3 Å². The third-order valence-corrected chi connectivity index (χ3v) is 5.47. The number of rotatable bonds is 7. The van der Waals surface area contributed by atoms with E-state index in [1.807, 2.05) is 18.2 Å². The number of alkyl carbamates (subject to hydrolysis) is 1. The van der Waals surface area contributed by atoms with Crippen molar-refractivity contribution >= 4 is 33.8 Å². The Morgan fingerprint density at radius 1 is 1.30 bits per heavy atom. The third-order valence-electron chi connectivity index (χ3n) is 5.47. The number of para-hydroxylation sites is 1. The fourth-order valence-corrected chi connectivity index (χ4v) is 3.98. The van der Waals surface area contributed by atoms with Crippen LogP contribution in [0.25, 0.3) is 21.9 Å². The van der Waals surface area contributed by atoms with Gasteiger partial charge >= 0.3 is 6.09 Å². The summed E-state index contributed by atoms with van der Waals surface area (Å²) in [6.45, 7) is 3.93. The standard InChI is InChI=1S/C22H29N5O3/c1-2-17-25-19-20(15-9-3-4-10-16(15)24-21(19)23)27(17)12-6-8-14-30-22(28)26-18-11-5-7-13-29-18/h3-4,9-10,18H,2,5-8,11-14H2,1H3,(H2,23,24)(H,26,28). The van der Waals surface area contributed by atoms with Gasteiger partial charge in [-0.3, -0.25) is 5.32 Å². The van der Waals surface area contributed by atoms with Crippen molar-refractivity contribution in [2.45, 2.75) is 58.2 Å². The lowest BCUT2D eigenvalue weighted by atomic mass is 10.2. The number of pyridine rings is 1. The maximum atomic E-state index is 11.9. The molecule has 3 N–H and O–H groups in total. The fourth-order valence-electron chi connectivity index (χ4n) is 3.98. The molecule has 8 nitrogen and oxygen atoms in total. The second-order valence-corrected chi connectivity index (χ2v) is 7.59. The van der Waals surface area contributed by atoms with Crippen molar-refractivity contribution in [2.24, 2.45) is 0 Å².